The van der Waals surface area contributed by atoms with Crippen molar-refractivity contribution in [3.63, 3.8) is 0 Å². The summed E-state index contributed by atoms with van der Waals surface area (Å²) in [6, 6.07) is 8.28. The van der Waals surface area contributed by atoms with E-state index in [0.29, 0.717) is 0 Å². The molecule has 1 aromatic carbocycles. The first kappa shape index (κ1) is 13.8. The van der Waals surface area contributed by atoms with Gasteiger partial charge >= 0.3 is 0 Å². The quantitative estimate of drug-likeness (QED) is 0.714. The van der Waals surface area contributed by atoms with Crippen molar-refractivity contribution in [2.75, 3.05) is 0 Å². The van der Waals surface area contributed by atoms with Crippen LogP contribution in [0.3, 0.4) is 0 Å². The molecule has 1 nitrogen and oxygen atoms in total. The normalized spacial score (nSPS) is 11.8. The first-order valence-electron chi connectivity index (χ1n) is 6.08. The molecule has 1 aromatic heterocycles. The third kappa shape index (κ3) is 3.21. The van der Waals surface area contributed by atoms with Gasteiger partial charge < -0.3 is 0 Å². The zero-order valence-electron chi connectivity index (χ0n) is 11.2. The molecule has 96 valence electrons. The number of benzene rings is 1. The molecule has 3 heteroatoms. The summed E-state index contributed by atoms with van der Waals surface area (Å²) in [4.78, 5) is 6.11. The molecule has 0 saturated carbocycles. The molecule has 0 fully saturated rings. The van der Waals surface area contributed by atoms with Gasteiger partial charge in [-0.25, -0.2) is 4.98 Å². The number of halogens is 1. The number of aryl methyl sites for hydroxylation is 1. The minimum atomic E-state index is 0.287. The summed E-state index contributed by atoms with van der Waals surface area (Å²) in [6.07, 6.45) is 1.03. The maximum absolute atomic E-state index is 4.81. The number of nitrogens with zero attached hydrogens (tertiary/aromatic N) is 1. The summed E-state index contributed by atoms with van der Waals surface area (Å²) in [5.74, 6) is 0. The highest BCUT2D eigenvalue weighted by Crippen LogP contribution is 2.34. The number of thiazole rings is 1. The smallest absolute Gasteiger partial charge is 0.0940 e. The molecule has 0 aliphatic rings. The zero-order valence-corrected chi connectivity index (χ0v) is 13.7. The Morgan fingerprint density at radius 2 is 1.89 bits per heavy atom. The Morgan fingerprint density at radius 1 is 1.22 bits per heavy atom. The highest BCUT2D eigenvalue weighted by atomic mass is 79.9. The first-order valence-corrected chi connectivity index (χ1v) is 7.69. The van der Waals surface area contributed by atoms with Crippen molar-refractivity contribution in [2.24, 2.45) is 5.41 Å². The minimum Gasteiger partial charge on any atom is -0.241 e. The molecule has 0 spiro atoms. The van der Waals surface area contributed by atoms with Gasteiger partial charge in [0, 0.05) is 21.3 Å². The Labute approximate surface area is 121 Å². The lowest BCUT2D eigenvalue weighted by Gasteiger charge is -2.15. The van der Waals surface area contributed by atoms with Crippen molar-refractivity contribution in [1.82, 2.24) is 4.98 Å². The molecule has 0 aliphatic heterocycles. The Balaban J connectivity index is 2.39. The fourth-order valence-corrected chi connectivity index (χ4v) is 3.60. The fraction of sp³-hybridized carbons (Fsp3) is 0.400. The predicted molar refractivity (Wildman–Crippen MR) is 83.1 cm³/mol. The Bertz CT molecular complexity index is 552. The van der Waals surface area contributed by atoms with Crippen LogP contribution in [0.25, 0.3) is 11.3 Å². The second-order valence-electron chi connectivity index (χ2n) is 5.73. The zero-order chi connectivity index (χ0) is 13.3. The molecule has 0 bridgehead atoms. The van der Waals surface area contributed by atoms with Gasteiger partial charge in [-0.3, -0.25) is 0 Å². The van der Waals surface area contributed by atoms with Crippen LogP contribution in [0.5, 0.6) is 0 Å². The predicted octanol–water partition coefficient (Wildman–Crippen LogP) is 5.47. The van der Waals surface area contributed by atoms with Gasteiger partial charge in [0.2, 0.25) is 0 Å². The molecule has 2 aromatic rings. The van der Waals surface area contributed by atoms with Gasteiger partial charge in [-0.2, -0.15) is 0 Å². The van der Waals surface area contributed by atoms with Crippen molar-refractivity contribution in [2.45, 2.75) is 34.1 Å². The van der Waals surface area contributed by atoms with Crippen LogP contribution in [0.15, 0.2) is 28.7 Å². The van der Waals surface area contributed by atoms with E-state index in [1.54, 1.807) is 0 Å². The van der Waals surface area contributed by atoms with Crippen molar-refractivity contribution in [3.8, 4) is 11.3 Å². The summed E-state index contributed by atoms with van der Waals surface area (Å²) < 4.78 is 1.11. The highest BCUT2D eigenvalue weighted by Gasteiger charge is 2.17. The van der Waals surface area contributed by atoms with Crippen molar-refractivity contribution in [1.29, 1.82) is 0 Å². The van der Waals surface area contributed by atoms with E-state index in [2.05, 4.69) is 61.8 Å². The first-order chi connectivity index (χ1) is 8.37. The van der Waals surface area contributed by atoms with Crippen LogP contribution in [0.2, 0.25) is 0 Å². The second kappa shape index (κ2) is 5.14. The van der Waals surface area contributed by atoms with E-state index in [1.165, 1.54) is 15.4 Å². The average Bonchev–Trinajstić information content (AvgIpc) is 2.57. The molecule has 0 radical (unpaired) electrons. The SMILES string of the molecule is Cc1sc(CC(C)(C)C)nc1-c1ccccc1Br. The van der Waals surface area contributed by atoms with Gasteiger partial charge in [0.15, 0.2) is 0 Å². The second-order valence-corrected chi connectivity index (χ2v) is 7.87. The van der Waals surface area contributed by atoms with Crippen LogP contribution in [-0.4, -0.2) is 4.98 Å². The Hall–Kier alpha value is -0.670. The van der Waals surface area contributed by atoms with Crippen LogP contribution >= 0.6 is 27.3 Å². The van der Waals surface area contributed by atoms with E-state index in [0.717, 1.165) is 16.6 Å². The van der Waals surface area contributed by atoms with Gasteiger partial charge in [0.1, 0.15) is 0 Å². The van der Waals surface area contributed by atoms with Gasteiger partial charge in [-0.15, -0.1) is 11.3 Å². The minimum absolute atomic E-state index is 0.287. The molecule has 0 amide bonds. The van der Waals surface area contributed by atoms with E-state index in [1.807, 2.05) is 17.4 Å². The molecule has 0 N–H and O–H groups in total. The maximum Gasteiger partial charge on any atom is 0.0940 e. The lowest BCUT2D eigenvalue weighted by Crippen LogP contribution is -2.08. The molecular weight excluding hydrogens is 306 g/mol. The van der Waals surface area contributed by atoms with Crippen LogP contribution in [0.1, 0.15) is 30.7 Å². The van der Waals surface area contributed by atoms with Crippen LogP contribution in [0.4, 0.5) is 0 Å². The Morgan fingerprint density at radius 3 is 2.50 bits per heavy atom. The van der Waals surface area contributed by atoms with Gasteiger partial charge in [-0.05, 0) is 18.4 Å². The number of hydrogen-bond acceptors (Lipinski definition) is 2. The molecule has 0 unspecified atom stereocenters. The van der Waals surface area contributed by atoms with E-state index in [4.69, 9.17) is 4.98 Å². The monoisotopic (exact) mass is 323 g/mol. The topological polar surface area (TPSA) is 12.9 Å². The average molecular weight is 324 g/mol. The van der Waals surface area contributed by atoms with Crippen molar-refractivity contribution >= 4 is 27.3 Å². The molecule has 0 saturated heterocycles. The highest BCUT2D eigenvalue weighted by molar-refractivity contribution is 9.10. The lowest BCUT2D eigenvalue weighted by atomic mass is 9.93. The molecule has 18 heavy (non-hydrogen) atoms. The third-order valence-electron chi connectivity index (χ3n) is 2.65. The largest absolute Gasteiger partial charge is 0.241 e. The Kier molecular flexibility index (Phi) is 3.93. The number of rotatable bonds is 2. The number of aromatic nitrogens is 1. The summed E-state index contributed by atoms with van der Waals surface area (Å²) in [5, 5.41) is 1.23. The fourth-order valence-electron chi connectivity index (χ4n) is 1.88. The molecule has 0 atom stereocenters. The van der Waals surface area contributed by atoms with Gasteiger partial charge in [-0.1, -0.05) is 54.9 Å². The van der Waals surface area contributed by atoms with E-state index in [-0.39, 0.29) is 5.41 Å². The van der Waals surface area contributed by atoms with Gasteiger partial charge in [0.25, 0.3) is 0 Å². The molecular formula is C15H18BrNS. The molecule has 2 rings (SSSR count). The lowest BCUT2D eigenvalue weighted by molar-refractivity contribution is 0.410. The van der Waals surface area contributed by atoms with E-state index < -0.39 is 0 Å². The van der Waals surface area contributed by atoms with Crippen LogP contribution in [0, 0.1) is 12.3 Å². The van der Waals surface area contributed by atoms with E-state index >= 15 is 0 Å². The molecule has 0 aliphatic carbocycles. The summed E-state index contributed by atoms with van der Waals surface area (Å²) >= 11 is 5.42. The standard InChI is InChI=1S/C15H18BrNS/c1-10-14(11-7-5-6-8-12(11)16)17-13(18-10)9-15(2,3)4/h5-8H,9H2,1-4H3. The third-order valence-corrected chi connectivity index (χ3v) is 4.31. The van der Waals surface area contributed by atoms with Crippen molar-refractivity contribution < 1.29 is 0 Å². The summed E-state index contributed by atoms with van der Waals surface area (Å²) in [7, 11) is 0. The summed E-state index contributed by atoms with van der Waals surface area (Å²) in [5.41, 5.74) is 2.59. The van der Waals surface area contributed by atoms with Crippen molar-refractivity contribution in [3.05, 3.63) is 38.6 Å². The molecule has 1 heterocycles. The maximum atomic E-state index is 4.81. The van der Waals surface area contributed by atoms with Crippen LogP contribution in [-0.2, 0) is 6.42 Å². The van der Waals surface area contributed by atoms with Gasteiger partial charge in [0.05, 0.1) is 10.7 Å². The summed E-state index contributed by atoms with van der Waals surface area (Å²) in [6.45, 7) is 8.91. The van der Waals surface area contributed by atoms with E-state index in [9.17, 15) is 0 Å². The number of hydrogen-bond donors (Lipinski definition) is 0. The van der Waals surface area contributed by atoms with Crippen LogP contribution < -0.4 is 0 Å².